The van der Waals surface area contributed by atoms with E-state index in [1.807, 2.05) is 0 Å². The van der Waals surface area contributed by atoms with Crippen LogP contribution in [-0.4, -0.2) is 4.70 Å². The second-order valence-electron chi connectivity index (χ2n) is 18.8. The largest absolute Gasteiger partial charge is 0.493 e. The summed E-state index contributed by atoms with van der Waals surface area (Å²) in [4.78, 5) is 0. The molecule has 0 bridgehead atoms. The second kappa shape index (κ2) is 36.4. The fourth-order valence-corrected chi connectivity index (χ4v) is 8.74. The minimum atomic E-state index is 0.848. The van der Waals surface area contributed by atoms with Crippen molar-refractivity contribution >= 4 is 23.5 Å². The zero-order chi connectivity index (χ0) is 45.7. The molecule has 0 aliphatic carbocycles. The Bertz CT molecular complexity index is 1740. The van der Waals surface area contributed by atoms with Gasteiger partial charge in [0, 0.05) is 46.7 Å². The summed E-state index contributed by atoms with van der Waals surface area (Å²) in [5.74, 6) is 14.0. The van der Waals surface area contributed by atoms with Gasteiger partial charge in [-0.25, -0.2) is 4.70 Å². The molecule has 2 heteroatoms. The highest BCUT2D eigenvalue weighted by atomic mass is 15.2. The molecular weight excluding hydrogens is 773 g/mol. The van der Waals surface area contributed by atoms with Gasteiger partial charge in [-0.2, -0.15) is 0 Å². The quantitative estimate of drug-likeness (QED) is 0.0375. The summed E-state index contributed by atoms with van der Waals surface area (Å²) < 4.78 is 1.48. The molecule has 2 nitrogen and oxygen atoms in total. The zero-order valence-electron chi connectivity index (χ0n) is 42.1. The lowest BCUT2D eigenvalue weighted by atomic mass is 9.98. The molecule has 2 aromatic rings. The van der Waals surface area contributed by atoms with Gasteiger partial charge in [0.25, 0.3) is 0 Å². The number of rotatable bonds is 35. The van der Waals surface area contributed by atoms with Crippen molar-refractivity contribution < 1.29 is 4.70 Å². The third-order valence-corrected chi connectivity index (χ3v) is 12.7. The average Bonchev–Trinajstić information content (AvgIpc) is 3.64. The van der Waals surface area contributed by atoms with Gasteiger partial charge in [0.05, 0.1) is 0 Å². The number of allylic oxidation sites excluding steroid dienone is 4. The summed E-state index contributed by atoms with van der Waals surface area (Å²) in [6, 6.07) is 13.4. The maximum Gasteiger partial charge on any atom is 0.210 e. The number of benzene rings is 2. The molecular formula is C62H92N2. The molecule has 1 aliphatic heterocycles. The maximum atomic E-state index is 12.4. The SMILES string of the molecule is CCCCCCCC#Cc1cc(C#CCCCCCCC)cc(C2=C(CCCC)C=C(c3cc(C=CCCCCCCCCCC)cc(C=CCCCCCCCCCC)c3)[N+]2=[N-])c1. The first-order valence-corrected chi connectivity index (χ1v) is 27.1. The zero-order valence-corrected chi connectivity index (χ0v) is 42.1. The molecule has 0 amide bonds. The summed E-state index contributed by atoms with van der Waals surface area (Å²) in [5.41, 5.74) is 21.6. The highest BCUT2D eigenvalue weighted by Gasteiger charge is 2.29. The summed E-state index contributed by atoms with van der Waals surface area (Å²) in [5, 5.41) is 0. The highest BCUT2D eigenvalue weighted by Crippen LogP contribution is 2.39. The molecule has 0 saturated carbocycles. The molecule has 0 unspecified atom stereocenters. The topological polar surface area (TPSA) is 25.3 Å². The van der Waals surface area contributed by atoms with E-state index in [0.29, 0.717) is 0 Å². The highest BCUT2D eigenvalue weighted by molar-refractivity contribution is 5.80. The first kappa shape index (κ1) is 54.5. The van der Waals surface area contributed by atoms with Crippen LogP contribution in [0.5, 0.6) is 0 Å². The van der Waals surface area contributed by atoms with E-state index in [4.69, 9.17) is 0 Å². The van der Waals surface area contributed by atoms with Crippen LogP contribution < -0.4 is 0 Å². The van der Waals surface area contributed by atoms with E-state index in [9.17, 15) is 5.53 Å². The number of hydrogen-bond donors (Lipinski definition) is 0. The normalized spacial score (nSPS) is 12.6. The van der Waals surface area contributed by atoms with Gasteiger partial charge >= 0.3 is 0 Å². The molecule has 0 atom stereocenters. The summed E-state index contributed by atoms with van der Waals surface area (Å²) >= 11 is 0. The van der Waals surface area contributed by atoms with Crippen molar-refractivity contribution in [2.45, 2.75) is 247 Å². The van der Waals surface area contributed by atoms with Crippen molar-refractivity contribution in [3.05, 3.63) is 99.1 Å². The Morgan fingerprint density at radius 1 is 0.438 bits per heavy atom. The Kier molecular flexibility index (Phi) is 30.9. The van der Waals surface area contributed by atoms with E-state index in [1.165, 1.54) is 175 Å². The van der Waals surface area contributed by atoms with Crippen LogP contribution in [0, 0.1) is 23.7 Å². The smallest absolute Gasteiger partial charge is 0.210 e. The van der Waals surface area contributed by atoms with Gasteiger partial charge in [0.1, 0.15) is 0 Å². The molecule has 0 N–H and O–H groups in total. The van der Waals surface area contributed by atoms with Crippen molar-refractivity contribution in [2.24, 2.45) is 0 Å². The van der Waals surface area contributed by atoms with Crippen LogP contribution in [0.25, 0.3) is 29.1 Å². The van der Waals surface area contributed by atoms with E-state index in [-0.39, 0.29) is 0 Å². The van der Waals surface area contributed by atoms with Crippen LogP contribution in [0.4, 0.5) is 0 Å². The Morgan fingerprint density at radius 2 is 0.844 bits per heavy atom. The van der Waals surface area contributed by atoms with Gasteiger partial charge in [0.2, 0.25) is 11.4 Å². The molecule has 0 radical (unpaired) electrons. The van der Waals surface area contributed by atoms with Crippen molar-refractivity contribution in [2.75, 3.05) is 0 Å². The maximum absolute atomic E-state index is 12.4. The third kappa shape index (κ3) is 23.3. The van der Waals surface area contributed by atoms with Gasteiger partial charge in [0.15, 0.2) is 0 Å². The molecule has 350 valence electrons. The molecule has 1 heterocycles. The number of nitrogens with zero attached hydrogens (tertiary/aromatic N) is 2. The van der Waals surface area contributed by atoms with Crippen LogP contribution >= 0.6 is 0 Å². The standard InChI is InChI=1S/C62H92N2/c1-6-11-16-20-24-26-28-32-36-38-42-54-47-55(43-39-37-33-29-27-25-21-17-12-7-2)50-59(49-54)61-53-58(46-15-10-5)62(64(61)63)60-51-56(44-40-34-30-22-18-13-8-3)48-57(52-60)45-41-35-31-23-19-14-9-4/h38-39,42-43,47-53H,6-37,46H2,1-5H3. The Labute approximate surface area is 395 Å². The second-order valence-corrected chi connectivity index (χ2v) is 18.8. The molecule has 0 spiro atoms. The fourth-order valence-electron chi connectivity index (χ4n) is 8.74. The lowest BCUT2D eigenvalue weighted by molar-refractivity contribution is -0.344. The molecule has 0 saturated heterocycles. The molecule has 0 fully saturated rings. The van der Waals surface area contributed by atoms with Crippen molar-refractivity contribution in [3.63, 3.8) is 0 Å². The monoisotopic (exact) mass is 865 g/mol. The first-order valence-electron chi connectivity index (χ1n) is 27.1. The fraction of sp³-hybridized carbons (Fsp3) is 0.613. The molecule has 0 aromatic heterocycles. The lowest BCUT2D eigenvalue weighted by Gasteiger charge is -2.12. The van der Waals surface area contributed by atoms with Crippen molar-refractivity contribution in [3.8, 4) is 23.7 Å². The lowest BCUT2D eigenvalue weighted by Crippen LogP contribution is -2.03. The van der Waals surface area contributed by atoms with Crippen LogP contribution in [0.15, 0.2) is 60.2 Å². The summed E-state index contributed by atoms with van der Waals surface area (Å²) in [6.45, 7) is 11.4. The van der Waals surface area contributed by atoms with Gasteiger partial charge in [-0.05, 0) is 98.9 Å². The van der Waals surface area contributed by atoms with Crippen LogP contribution in [-0.2, 0) is 0 Å². The minimum absolute atomic E-state index is 0.848. The predicted molar refractivity (Wildman–Crippen MR) is 284 cm³/mol. The minimum Gasteiger partial charge on any atom is -0.493 e. The van der Waals surface area contributed by atoms with Crippen LogP contribution in [0.1, 0.15) is 280 Å². The first-order chi connectivity index (χ1) is 31.5. The van der Waals surface area contributed by atoms with Crippen LogP contribution in [0.2, 0.25) is 0 Å². The van der Waals surface area contributed by atoms with E-state index >= 15 is 0 Å². The van der Waals surface area contributed by atoms with E-state index < -0.39 is 0 Å². The van der Waals surface area contributed by atoms with Crippen molar-refractivity contribution in [1.82, 2.24) is 0 Å². The van der Waals surface area contributed by atoms with Gasteiger partial charge in [-0.15, -0.1) is 0 Å². The van der Waals surface area contributed by atoms with Gasteiger partial charge < -0.3 is 5.53 Å². The Hall–Kier alpha value is -3.88. The van der Waals surface area contributed by atoms with E-state index in [2.05, 4.69) is 125 Å². The van der Waals surface area contributed by atoms with Crippen molar-refractivity contribution in [1.29, 1.82) is 0 Å². The molecule has 2 aromatic carbocycles. The third-order valence-electron chi connectivity index (χ3n) is 12.7. The number of hydrogen-bond acceptors (Lipinski definition) is 0. The Balaban J connectivity index is 1.91. The summed E-state index contributed by atoms with van der Waals surface area (Å²) in [7, 11) is 0. The molecule has 64 heavy (non-hydrogen) atoms. The van der Waals surface area contributed by atoms with Gasteiger partial charge in [-0.1, -0.05) is 230 Å². The van der Waals surface area contributed by atoms with E-state index in [0.717, 1.165) is 91.4 Å². The summed E-state index contributed by atoms with van der Waals surface area (Å²) in [6.07, 6.45) is 52.6. The van der Waals surface area contributed by atoms with E-state index in [1.54, 1.807) is 0 Å². The van der Waals surface area contributed by atoms with Crippen LogP contribution in [0.3, 0.4) is 0 Å². The molecule has 3 rings (SSSR count). The van der Waals surface area contributed by atoms with Gasteiger partial charge in [-0.3, -0.25) is 0 Å². The Morgan fingerprint density at radius 3 is 1.28 bits per heavy atom. The molecule has 1 aliphatic rings. The predicted octanol–water partition coefficient (Wildman–Crippen LogP) is 20.2. The number of unbranched alkanes of at least 4 members (excludes halogenated alkanes) is 27. The average molecular weight is 865 g/mol.